The summed E-state index contributed by atoms with van der Waals surface area (Å²) in [5, 5.41) is 7.86. The maximum atomic E-state index is 4.49. The van der Waals surface area contributed by atoms with E-state index in [0.29, 0.717) is 0 Å². The van der Waals surface area contributed by atoms with Gasteiger partial charge in [0, 0.05) is 24.2 Å². The molecule has 0 radical (unpaired) electrons. The van der Waals surface area contributed by atoms with E-state index in [1.54, 1.807) is 6.20 Å². The van der Waals surface area contributed by atoms with Crippen LogP contribution in [0.4, 0.5) is 17.3 Å². The van der Waals surface area contributed by atoms with Crippen molar-refractivity contribution in [2.45, 2.75) is 33.1 Å². The first-order valence-electron chi connectivity index (χ1n) is 8.46. The van der Waals surface area contributed by atoms with Gasteiger partial charge >= 0.3 is 0 Å². The van der Waals surface area contributed by atoms with Gasteiger partial charge in [-0.05, 0) is 25.5 Å². The van der Waals surface area contributed by atoms with E-state index in [1.807, 2.05) is 31.2 Å². The lowest BCUT2D eigenvalue weighted by molar-refractivity contribution is 0.742. The number of hydrogen-bond acceptors (Lipinski definition) is 5. The molecule has 0 spiro atoms. The summed E-state index contributed by atoms with van der Waals surface area (Å²) < 4.78 is 0. The van der Waals surface area contributed by atoms with Crippen molar-refractivity contribution in [1.29, 1.82) is 0 Å². The molecule has 2 aromatic heterocycles. The van der Waals surface area contributed by atoms with Gasteiger partial charge in [-0.1, -0.05) is 38.0 Å². The van der Waals surface area contributed by atoms with Crippen LogP contribution < -0.4 is 10.6 Å². The molecule has 0 bridgehead atoms. The van der Waals surface area contributed by atoms with Gasteiger partial charge in [-0.25, -0.2) is 9.97 Å². The Morgan fingerprint density at radius 3 is 2.71 bits per heavy atom. The van der Waals surface area contributed by atoms with Crippen molar-refractivity contribution in [3.8, 4) is 0 Å². The largest absolute Gasteiger partial charge is 0.370 e. The van der Waals surface area contributed by atoms with Crippen LogP contribution in [0.2, 0.25) is 0 Å². The molecule has 2 heterocycles. The number of benzene rings is 1. The van der Waals surface area contributed by atoms with Crippen LogP contribution in [0.15, 0.2) is 42.6 Å². The zero-order valence-corrected chi connectivity index (χ0v) is 14.2. The SMILES string of the molecule is CCCCCNc1cc(Nc2cccc3cccnc23)nc(C)n1. The Bertz CT molecular complexity index is 810. The first kappa shape index (κ1) is 16.2. The number of fused-ring (bicyclic) bond motifs is 1. The van der Waals surface area contributed by atoms with E-state index >= 15 is 0 Å². The number of aromatic nitrogens is 3. The zero-order valence-electron chi connectivity index (χ0n) is 14.2. The van der Waals surface area contributed by atoms with E-state index in [4.69, 9.17) is 0 Å². The molecule has 5 heteroatoms. The highest BCUT2D eigenvalue weighted by molar-refractivity contribution is 5.91. The quantitative estimate of drug-likeness (QED) is 0.619. The molecule has 24 heavy (non-hydrogen) atoms. The van der Waals surface area contributed by atoms with Crippen LogP contribution in [0.3, 0.4) is 0 Å². The third kappa shape index (κ3) is 3.98. The topological polar surface area (TPSA) is 62.7 Å². The third-order valence-electron chi connectivity index (χ3n) is 3.82. The Morgan fingerprint density at radius 1 is 1.00 bits per heavy atom. The van der Waals surface area contributed by atoms with Crippen LogP contribution in [0.25, 0.3) is 10.9 Å². The minimum Gasteiger partial charge on any atom is -0.370 e. The molecule has 0 aliphatic rings. The maximum Gasteiger partial charge on any atom is 0.136 e. The fraction of sp³-hybridized carbons (Fsp3) is 0.316. The number of hydrogen-bond donors (Lipinski definition) is 2. The number of nitrogens with one attached hydrogen (secondary N) is 2. The summed E-state index contributed by atoms with van der Waals surface area (Å²) in [5.41, 5.74) is 1.89. The first-order chi connectivity index (χ1) is 11.8. The summed E-state index contributed by atoms with van der Waals surface area (Å²) >= 11 is 0. The van der Waals surface area contributed by atoms with Crippen LogP contribution in [0.5, 0.6) is 0 Å². The molecule has 0 aliphatic carbocycles. The molecule has 124 valence electrons. The van der Waals surface area contributed by atoms with E-state index in [1.165, 1.54) is 12.8 Å². The number of nitrogens with zero attached hydrogens (tertiary/aromatic N) is 3. The lowest BCUT2D eigenvalue weighted by Crippen LogP contribution is -2.06. The maximum absolute atomic E-state index is 4.49. The highest BCUT2D eigenvalue weighted by Gasteiger charge is 2.05. The van der Waals surface area contributed by atoms with Gasteiger partial charge in [0.1, 0.15) is 17.5 Å². The average Bonchev–Trinajstić information content (AvgIpc) is 2.59. The molecule has 0 saturated carbocycles. The fourth-order valence-corrected chi connectivity index (χ4v) is 2.66. The Balaban J connectivity index is 1.80. The average molecular weight is 321 g/mol. The smallest absolute Gasteiger partial charge is 0.136 e. The highest BCUT2D eigenvalue weighted by atomic mass is 15.1. The van der Waals surface area contributed by atoms with Gasteiger partial charge in [0.25, 0.3) is 0 Å². The monoisotopic (exact) mass is 321 g/mol. The van der Waals surface area contributed by atoms with Crippen molar-refractivity contribution in [2.75, 3.05) is 17.2 Å². The number of aryl methyl sites for hydroxylation is 1. The van der Waals surface area contributed by atoms with Gasteiger partial charge in [0.15, 0.2) is 0 Å². The number of pyridine rings is 1. The zero-order chi connectivity index (χ0) is 16.8. The Kier molecular flexibility index (Phi) is 5.21. The number of anilines is 3. The minimum atomic E-state index is 0.742. The molecule has 0 amide bonds. The van der Waals surface area contributed by atoms with Crippen molar-refractivity contribution in [1.82, 2.24) is 15.0 Å². The van der Waals surface area contributed by atoms with E-state index in [2.05, 4.69) is 44.6 Å². The van der Waals surface area contributed by atoms with Gasteiger partial charge in [-0.15, -0.1) is 0 Å². The third-order valence-corrected chi connectivity index (χ3v) is 3.82. The Hall–Kier alpha value is -2.69. The van der Waals surface area contributed by atoms with Crippen LogP contribution in [0, 0.1) is 6.92 Å². The van der Waals surface area contributed by atoms with Gasteiger partial charge in [0.05, 0.1) is 11.2 Å². The molecule has 3 aromatic rings. The molecule has 5 nitrogen and oxygen atoms in total. The molecule has 3 rings (SSSR count). The van der Waals surface area contributed by atoms with E-state index in [9.17, 15) is 0 Å². The second-order valence-corrected chi connectivity index (χ2v) is 5.83. The predicted molar refractivity (Wildman–Crippen MR) is 99.8 cm³/mol. The lowest BCUT2D eigenvalue weighted by atomic mass is 10.2. The normalized spacial score (nSPS) is 10.8. The summed E-state index contributed by atoms with van der Waals surface area (Å²) in [6, 6.07) is 12.0. The van der Waals surface area contributed by atoms with Crippen molar-refractivity contribution < 1.29 is 0 Å². The number of unbranched alkanes of at least 4 members (excludes halogenated alkanes) is 2. The van der Waals surface area contributed by atoms with Crippen molar-refractivity contribution in [3.63, 3.8) is 0 Å². The summed E-state index contributed by atoms with van der Waals surface area (Å²) in [7, 11) is 0. The molecule has 0 atom stereocenters. The molecule has 0 unspecified atom stereocenters. The fourth-order valence-electron chi connectivity index (χ4n) is 2.66. The van der Waals surface area contributed by atoms with E-state index in [0.717, 1.165) is 47.0 Å². The number of rotatable bonds is 7. The van der Waals surface area contributed by atoms with Crippen molar-refractivity contribution in [2.24, 2.45) is 0 Å². The van der Waals surface area contributed by atoms with Crippen molar-refractivity contribution in [3.05, 3.63) is 48.4 Å². The van der Waals surface area contributed by atoms with E-state index < -0.39 is 0 Å². The summed E-state index contributed by atoms with van der Waals surface area (Å²) in [6.07, 6.45) is 5.39. The highest BCUT2D eigenvalue weighted by Crippen LogP contribution is 2.24. The molecule has 2 N–H and O–H groups in total. The Morgan fingerprint density at radius 2 is 1.83 bits per heavy atom. The first-order valence-corrected chi connectivity index (χ1v) is 8.46. The van der Waals surface area contributed by atoms with Crippen LogP contribution in [0.1, 0.15) is 32.0 Å². The lowest BCUT2D eigenvalue weighted by Gasteiger charge is -2.11. The van der Waals surface area contributed by atoms with Crippen LogP contribution >= 0.6 is 0 Å². The molecule has 0 saturated heterocycles. The standard InChI is InChI=1S/C19H23N5/c1-3-4-5-11-20-17-13-18(23-14(2)22-17)24-16-10-6-8-15-9-7-12-21-19(15)16/h6-10,12-13H,3-5,11H2,1-2H3,(H2,20,22,23,24). The van der Waals surface area contributed by atoms with Crippen molar-refractivity contribution >= 4 is 28.2 Å². The summed E-state index contributed by atoms with van der Waals surface area (Å²) in [6.45, 7) is 5.04. The molecular formula is C19H23N5. The second-order valence-electron chi connectivity index (χ2n) is 5.83. The predicted octanol–water partition coefficient (Wildman–Crippen LogP) is 4.68. The van der Waals surface area contributed by atoms with E-state index in [-0.39, 0.29) is 0 Å². The second kappa shape index (κ2) is 7.73. The number of para-hydroxylation sites is 1. The van der Waals surface area contributed by atoms with Gasteiger partial charge in [-0.3, -0.25) is 4.98 Å². The Labute approximate surface area is 142 Å². The summed E-state index contributed by atoms with van der Waals surface area (Å²) in [4.78, 5) is 13.4. The molecule has 0 fully saturated rings. The minimum absolute atomic E-state index is 0.742. The molecule has 0 aliphatic heterocycles. The van der Waals surface area contributed by atoms with Crippen LogP contribution in [-0.2, 0) is 0 Å². The van der Waals surface area contributed by atoms with Crippen LogP contribution in [-0.4, -0.2) is 21.5 Å². The molecule has 1 aromatic carbocycles. The molecular weight excluding hydrogens is 298 g/mol. The van der Waals surface area contributed by atoms with Gasteiger partial charge in [0.2, 0.25) is 0 Å². The van der Waals surface area contributed by atoms with Gasteiger partial charge < -0.3 is 10.6 Å². The van der Waals surface area contributed by atoms with Gasteiger partial charge in [-0.2, -0.15) is 0 Å². The summed E-state index contributed by atoms with van der Waals surface area (Å²) in [5.74, 6) is 2.37.